The zero-order valence-electron chi connectivity index (χ0n) is 27.6. The van der Waals surface area contributed by atoms with Gasteiger partial charge in [0.15, 0.2) is 5.82 Å². The number of nitrogens with two attached hydrogens (primary N) is 1. The number of ether oxygens (including phenoxy) is 2. The van der Waals surface area contributed by atoms with Crippen LogP contribution < -0.4 is 15.4 Å². The number of hydrogen-bond donors (Lipinski definition) is 2. The Hall–Kier alpha value is -3.74. The van der Waals surface area contributed by atoms with Crippen molar-refractivity contribution in [2.24, 2.45) is 0 Å². The van der Waals surface area contributed by atoms with E-state index in [-0.39, 0.29) is 77.1 Å². The molecule has 50 heavy (non-hydrogen) atoms. The van der Waals surface area contributed by atoms with Gasteiger partial charge in [0.2, 0.25) is 0 Å². The molecule has 9 rings (SSSR count). The maximum absolute atomic E-state index is 17.5. The van der Waals surface area contributed by atoms with Gasteiger partial charge in [0.25, 0.3) is 0 Å². The number of nitrogens with zero attached hydrogens (tertiary/aromatic N) is 6. The molecular formula is C36H38F3N7O3S. The number of alkyl halides is 1. The van der Waals surface area contributed by atoms with Gasteiger partial charge in [0.05, 0.1) is 29.7 Å². The van der Waals surface area contributed by atoms with Crippen molar-refractivity contribution in [3.8, 4) is 23.2 Å². The molecule has 0 amide bonds. The summed E-state index contributed by atoms with van der Waals surface area (Å²) in [6, 6.07) is 5.14. The van der Waals surface area contributed by atoms with Crippen LogP contribution in [0.1, 0.15) is 55.2 Å². The first-order valence-electron chi connectivity index (χ1n) is 17.5. The Morgan fingerprint density at radius 1 is 1.10 bits per heavy atom. The number of halogens is 3. The van der Waals surface area contributed by atoms with E-state index in [2.05, 4.69) is 20.8 Å². The van der Waals surface area contributed by atoms with E-state index in [4.69, 9.17) is 25.2 Å². The summed E-state index contributed by atoms with van der Waals surface area (Å²) in [6.07, 6.45) is 3.73. The van der Waals surface area contributed by atoms with Gasteiger partial charge in [-0.15, -0.1) is 11.3 Å². The van der Waals surface area contributed by atoms with Crippen LogP contribution in [0.2, 0.25) is 0 Å². The smallest absolute Gasteiger partial charge is 0.319 e. The second-order valence-corrected chi connectivity index (χ2v) is 15.5. The molecular weight excluding hydrogens is 668 g/mol. The molecule has 3 N–H and O–H groups in total. The van der Waals surface area contributed by atoms with E-state index in [1.807, 2.05) is 0 Å². The number of fused-ring (bicyclic) bond motifs is 7. The van der Waals surface area contributed by atoms with Gasteiger partial charge in [-0.2, -0.15) is 15.2 Å². The van der Waals surface area contributed by atoms with Crippen LogP contribution in [-0.4, -0.2) is 94.6 Å². The Morgan fingerprint density at radius 3 is 2.68 bits per heavy atom. The van der Waals surface area contributed by atoms with E-state index in [0.29, 0.717) is 46.4 Å². The fraction of sp³-hybridized carbons (Fsp3) is 0.528. The molecule has 5 aliphatic rings. The van der Waals surface area contributed by atoms with Gasteiger partial charge >= 0.3 is 6.01 Å². The molecule has 2 bridgehead atoms. The van der Waals surface area contributed by atoms with Crippen LogP contribution in [0.4, 0.5) is 24.0 Å². The van der Waals surface area contributed by atoms with E-state index in [9.17, 15) is 14.8 Å². The highest BCUT2D eigenvalue weighted by atomic mass is 32.1. The average Bonchev–Trinajstić information content (AvgIpc) is 3.91. The summed E-state index contributed by atoms with van der Waals surface area (Å²) in [5, 5.41) is 20.5. The lowest BCUT2D eigenvalue weighted by atomic mass is 9.90. The van der Waals surface area contributed by atoms with Crippen molar-refractivity contribution in [2.75, 3.05) is 56.6 Å². The number of aromatic nitrogens is 2. The lowest BCUT2D eigenvalue weighted by Crippen LogP contribution is -2.54. The summed E-state index contributed by atoms with van der Waals surface area (Å²) in [7, 11) is 0. The number of thiophene rings is 1. The van der Waals surface area contributed by atoms with Crippen LogP contribution in [0.25, 0.3) is 32.1 Å². The molecule has 2 aromatic carbocycles. The van der Waals surface area contributed by atoms with Gasteiger partial charge in [-0.3, -0.25) is 9.80 Å². The van der Waals surface area contributed by atoms with Crippen molar-refractivity contribution in [1.82, 2.24) is 19.8 Å². The first-order valence-corrected chi connectivity index (χ1v) is 18.3. The normalized spacial score (nSPS) is 26.3. The molecule has 5 aliphatic heterocycles. The maximum Gasteiger partial charge on any atom is 0.319 e. The molecule has 7 heterocycles. The largest absolute Gasteiger partial charge is 0.461 e. The third-order valence-corrected chi connectivity index (χ3v) is 12.6. The minimum absolute atomic E-state index is 0.0000374. The lowest BCUT2D eigenvalue weighted by Gasteiger charge is -2.42. The van der Waals surface area contributed by atoms with Crippen molar-refractivity contribution in [1.29, 1.82) is 5.26 Å². The lowest BCUT2D eigenvalue weighted by molar-refractivity contribution is 0.107. The Morgan fingerprint density at radius 2 is 1.90 bits per heavy atom. The number of aliphatic hydroxyl groups is 1. The summed E-state index contributed by atoms with van der Waals surface area (Å²) in [6.45, 7) is 4.03. The number of hydrogen-bond acceptors (Lipinski definition) is 11. The van der Waals surface area contributed by atoms with Crippen LogP contribution >= 0.6 is 11.3 Å². The number of anilines is 2. The number of benzene rings is 2. The van der Waals surface area contributed by atoms with Crippen LogP contribution in [0.5, 0.6) is 6.01 Å². The number of piperazine rings is 1. The first kappa shape index (κ1) is 32.2. The van der Waals surface area contributed by atoms with Crippen LogP contribution in [-0.2, 0) is 18.0 Å². The predicted octanol–water partition coefficient (Wildman–Crippen LogP) is 5.26. The summed E-state index contributed by atoms with van der Waals surface area (Å²) in [5.74, 6) is -0.847. The van der Waals surface area contributed by atoms with Crippen molar-refractivity contribution in [2.45, 2.75) is 75.5 Å². The third-order valence-electron chi connectivity index (χ3n) is 11.6. The summed E-state index contributed by atoms with van der Waals surface area (Å²) in [4.78, 5) is 16.5. The SMILES string of the molecule is N#Cc1c(N)sc2ccc(F)c(-c3c4c(c5c(N6C7CCC6CN(CCCO)C7)nc(OC[C@@]67CCCN6C[C@H](F)C7)nc5c3F)COC4)c12. The standard InChI is InChI=1S/C36H38F3N7O3S/c37-19-11-36(7-1-9-45(36)13-19)18-49-35-42-32-29(34(43-35)46-20-3-4-21(46)15-44(14-20)8-2-10-47)24-17-48-16-23(24)28(31(32)39)30-25(38)5-6-26-27(30)22(12-40)33(41)50-26/h5-6,19-21,47H,1-4,7-11,13-18,41H2/t19-,20?,21?,36+/m1/s1. The fourth-order valence-corrected chi connectivity index (χ4v) is 10.4. The van der Waals surface area contributed by atoms with Gasteiger partial charge in [-0.25, -0.2) is 13.2 Å². The zero-order chi connectivity index (χ0) is 34.3. The highest BCUT2D eigenvalue weighted by molar-refractivity contribution is 7.23. The predicted molar refractivity (Wildman–Crippen MR) is 184 cm³/mol. The molecule has 0 radical (unpaired) electrons. The topological polar surface area (TPSA) is 124 Å². The third kappa shape index (κ3) is 4.88. The van der Waals surface area contributed by atoms with E-state index in [1.54, 1.807) is 6.07 Å². The van der Waals surface area contributed by atoms with E-state index in [1.165, 1.54) is 6.07 Å². The number of likely N-dealkylation sites (tertiary alicyclic amines) is 1. The van der Waals surface area contributed by atoms with Gasteiger partial charge in [-0.05, 0) is 61.9 Å². The average molecular weight is 706 g/mol. The zero-order valence-corrected chi connectivity index (χ0v) is 28.4. The highest BCUT2D eigenvalue weighted by Crippen LogP contribution is 2.49. The van der Waals surface area contributed by atoms with Crippen molar-refractivity contribution >= 4 is 43.1 Å². The van der Waals surface area contributed by atoms with E-state index < -0.39 is 23.3 Å². The summed E-state index contributed by atoms with van der Waals surface area (Å²) >= 11 is 1.16. The Balaban J connectivity index is 1.24. The number of nitrogen functional groups attached to an aromatic ring is 1. The van der Waals surface area contributed by atoms with Crippen molar-refractivity contribution in [3.63, 3.8) is 0 Å². The Labute approximate surface area is 291 Å². The molecule has 4 saturated heterocycles. The molecule has 14 heteroatoms. The summed E-state index contributed by atoms with van der Waals surface area (Å²) < 4.78 is 61.1. The first-order chi connectivity index (χ1) is 24.3. The molecule has 0 aliphatic carbocycles. The molecule has 0 spiro atoms. The minimum atomic E-state index is -0.936. The Bertz CT molecular complexity index is 2060. The van der Waals surface area contributed by atoms with Gasteiger partial charge in [0, 0.05) is 72.5 Å². The van der Waals surface area contributed by atoms with E-state index in [0.717, 1.165) is 63.2 Å². The van der Waals surface area contributed by atoms with Gasteiger partial charge < -0.3 is 25.2 Å². The van der Waals surface area contributed by atoms with Crippen molar-refractivity contribution < 1.29 is 27.8 Å². The summed E-state index contributed by atoms with van der Waals surface area (Å²) in [5.41, 5.74) is 7.00. The molecule has 0 saturated carbocycles. The van der Waals surface area contributed by atoms with Crippen LogP contribution in [0, 0.1) is 23.0 Å². The Kier molecular flexibility index (Phi) is 7.85. The molecule has 4 aromatic rings. The van der Waals surface area contributed by atoms with Crippen LogP contribution in [0.15, 0.2) is 12.1 Å². The molecule has 4 fully saturated rings. The molecule has 2 aromatic heterocycles. The van der Waals surface area contributed by atoms with Gasteiger partial charge in [-0.1, -0.05) is 0 Å². The molecule has 2 unspecified atom stereocenters. The second kappa shape index (κ2) is 12.2. The molecule has 10 nitrogen and oxygen atoms in total. The number of rotatable bonds is 8. The molecule has 262 valence electrons. The maximum atomic E-state index is 17.5. The molecule has 4 atom stereocenters. The van der Waals surface area contributed by atoms with Crippen LogP contribution in [0.3, 0.4) is 0 Å². The van der Waals surface area contributed by atoms with Crippen molar-refractivity contribution in [3.05, 3.63) is 40.5 Å². The monoisotopic (exact) mass is 705 g/mol. The number of aliphatic hydroxyl groups excluding tert-OH is 1. The minimum Gasteiger partial charge on any atom is -0.461 e. The van der Waals surface area contributed by atoms with E-state index >= 15 is 8.78 Å². The van der Waals surface area contributed by atoms with Gasteiger partial charge in [0.1, 0.15) is 41.0 Å². The number of nitriles is 1. The quantitative estimate of drug-likeness (QED) is 0.251. The fourth-order valence-electron chi connectivity index (χ4n) is 9.50. The highest BCUT2D eigenvalue weighted by Gasteiger charge is 2.50. The second-order valence-electron chi connectivity index (χ2n) is 14.4.